The third-order valence-electron chi connectivity index (χ3n) is 3.39. The maximum Gasteiger partial charge on any atom is 0.0764 e. The van der Waals surface area contributed by atoms with Crippen molar-refractivity contribution in [3.05, 3.63) is 0 Å². The molecule has 2 rings (SSSR count). The van der Waals surface area contributed by atoms with Crippen molar-refractivity contribution in [1.82, 2.24) is 0 Å². The molecule has 0 aromatic carbocycles. The van der Waals surface area contributed by atoms with E-state index in [1.54, 1.807) is 0 Å². The minimum Gasteiger partial charge on any atom is -0.393 e. The molecular formula is C9H15NS. The number of nitrogens with two attached hydrogens (primary N) is 1. The van der Waals surface area contributed by atoms with Crippen LogP contribution in [0.5, 0.6) is 0 Å². The van der Waals surface area contributed by atoms with E-state index in [-0.39, 0.29) is 0 Å². The lowest BCUT2D eigenvalue weighted by molar-refractivity contribution is 0.278. The molecule has 1 unspecified atom stereocenters. The first-order chi connectivity index (χ1) is 5.25. The summed E-state index contributed by atoms with van der Waals surface area (Å²) in [4.78, 5) is 0.780. The van der Waals surface area contributed by atoms with Gasteiger partial charge in [0.25, 0.3) is 0 Å². The Morgan fingerprint density at radius 3 is 2.45 bits per heavy atom. The zero-order valence-corrected chi connectivity index (χ0v) is 7.62. The molecule has 2 heteroatoms. The fourth-order valence-corrected chi connectivity index (χ4v) is 2.88. The van der Waals surface area contributed by atoms with Gasteiger partial charge in [-0.1, -0.05) is 25.1 Å². The van der Waals surface area contributed by atoms with E-state index in [0.29, 0.717) is 11.3 Å². The van der Waals surface area contributed by atoms with Gasteiger partial charge >= 0.3 is 0 Å². The molecule has 0 heterocycles. The summed E-state index contributed by atoms with van der Waals surface area (Å²) in [6, 6.07) is 0. The Labute approximate surface area is 73.3 Å². The first-order valence-corrected chi connectivity index (χ1v) is 4.95. The third-order valence-corrected chi connectivity index (χ3v) is 3.68. The molecule has 2 aliphatic carbocycles. The lowest BCUT2D eigenvalue weighted by atomic mass is 9.76. The average Bonchev–Trinajstić information content (AvgIpc) is 2.70. The van der Waals surface area contributed by atoms with Gasteiger partial charge in [-0.25, -0.2) is 0 Å². The van der Waals surface area contributed by atoms with Crippen LogP contribution in [-0.4, -0.2) is 4.99 Å². The van der Waals surface area contributed by atoms with Crippen molar-refractivity contribution in [2.75, 3.05) is 0 Å². The highest BCUT2D eigenvalue weighted by molar-refractivity contribution is 7.80. The summed E-state index contributed by atoms with van der Waals surface area (Å²) >= 11 is 5.08. The van der Waals surface area contributed by atoms with Gasteiger partial charge in [-0.15, -0.1) is 0 Å². The second kappa shape index (κ2) is 2.44. The van der Waals surface area contributed by atoms with Gasteiger partial charge in [0.2, 0.25) is 0 Å². The SMILES string of the molecule is NC(=S)C1CCCCC12CC2. The van der Waals surface area contributed by atoms with Crippen LogP contribution in [0.15, 0.2) is 0 Å². The second-order valence-electron chi connectivity index (χ2n) is 4.06. The Kier molecular flexibility index (Phi) is 1.67. The molecule has 11 heavy (non-hydrogen) atoms. The molecule has 0 amide bonds. The van der Waals surface area contributed by atoms with Gasteiger partial charge in [0.1, 0.15) is 0 Å². The molecule has 0 aliphatic heterocycles. The molecule has 62 valence electrons. The Bertz CT molecular complexity index is 184. The van der Waals surface area contributed by atoms with Crippen molar-refractivity contribution >= 4 is 17.2 Å². The minimum absolute atomic E-state index is 0.589. The van der Waals surface area contributed by atoms with Gasteiger partial charge in [0.05, 0.1) is 4.99 Å². The van der Waals surface area contributed by atoms with Crippen molar-refractivity contribution in [1.29, 1.82) is 0 Å². The Morgan fingerprint density at radius 2 is 2.00 bits per heavy atom. The van der Waals surface area contributed by atoms with E-state index in [1.165, 1.54) is 38.5 Å². The first-order valence-electron chi connectivity index (χ1n) is 4.54. The topological polar surface area (TPSA) is 26.0 Å². The maximum absolute atomic E-state index is 5.71. The van der Waals surface area contributed by atoms with Crippen molar-refractivity contribution in [3.63, 3.8) is 0 Å². The summed E-state index contributed by atoms with van der Waals surface area (Å²) in [5, 5.41) is 0. The lowest BCUT2D eigenvalue weighted by Crippen LogP contribution is -2.32. The average molecular weight is 169 g/mol. The fraction of sp³-hybridized carbons (Fsp3) is 0.889. The number of hydrogen-bond acceptors (Lipinski definition) is 1. The molecule has 2 N–H and O–H groups in total. The van der Waals surface area contributed by atoms with E-state index in [9.17, 15) is 0 Å². The van der Waals surface area contributed by atoms with Crippen LogP contribution < -0.4 is 5.73 Å². The van der Waals surface area contributed by atoms with Crippen LogP contribution >= 0.6 is 12.2 Å². The van der Waals surface area contributed by atoms with Gasteiger partial charge in [-0.3, -0.25) is 0 Å². The molecule has 0 aromatic heterocycles. The highest BCUT2D eigenvalue weighted by atomic mass is 32.1. The Morgan fingerprint density at radius 1 is 1.27 bits per heavy atom. The Hall–Kier alpha value is -0.110. The number of thiocarbonyl (C=S) groups is 1. The molecule has 1 nitrogen and oxygen atoms in total. The third kappa shape index (κ3) is 1.18. The van der Waals surface area contributed by atoms with Crippen LogP contribution in [0, 0.1) is 11.3 Å². The zero-order chi connectivity index (χ0) is 7.90. The van der Waals surface area contributed by atoms with E-state index in [2.05, 4.69) is 0 Å². The van der Waals surface area contributed by atoms with Crippen LogP contribution in [0.1, 0.15) is 38.5 Å². The van der Waals surface area contributed by atoms with Gasteiger partial charge in [0.15, 0.2) is 0 Å². The molecule has 0 bridgehead atoms. The maximum atomic E-state index is 5.71. The number of hydrogen-bond donors (Lipinski definition) is 1. The van der Waals surface area contributed by atoms with E-state index in [4.69, 9.17) is 18.0 Å². The van der Waals surface area contributed by atoms with Crippen molar-refractivity contribution in [3.8, 4) is 0 Å². The molecule has 0 aromatic rings. The first kappa shape index (κ1) is 7.53. The molecule has 0 saturated heterocycles. The molecule has 0 radical (unpaired) electrons. The molecule has 1 spiro atoms. The lowest BCUT2D eigenvalue weighted by Gasteiger charge is -2.30. The van der Waals surface area contributed by atoms with Crippen LogP contribution in [-0.2, 0) is 0 Å². The number of rotatable bonds is 1. The van der Waals surface area contributed by atoms with Crippen LogP contribution in [0.3, 0.4) is 0 Å². The summed E-state index contributed by atoms with van der Waals surface area (Å²) < 4.78 is 0. The summed E-state index contributed by atoms with van der Waals surface area (Å²) in [5.41, 5.74) is 6.32. The summed E-state index contributed by atoms with van der Waals surface area (Å²) in [7, 11) is 0. The van der Waals surface area contributed by atoms with E-state index >= 15 is 0 Å². The quantitative estimate of drug-likeness (QED) is 0.609. The van der Waals surface area contributed by atoms with Gasteiger partial charge in [-0.2, -0.15) is 0 Å². The minimum atomic E-state index is 0.589. The highest BCUT2D eigenvalue weighted by Gasteiger charge is 2.50. The van der Waals surface area contributed by atoms with Crippen LogP contribution in [0.2, 0.25) is 0 Å². The predicted octanol–water partition coefficient (Wildman–Crippen LogP) is 2.24. The fourth-order valence-electron chi connectivity index (χ4n) is 2.51. The van der Waals surface area contributed by atoms with Crippen LogP contribution in [0.4, 0.5) is 0 Å². The van der Waals surface area contributed by atoms with E-state index in [0.717, 1.165) is 4.99 Å². The van der Waals surface area contributed by atoms with Gasteiger partial charge in [0, 0.05) is 5.92 Å². The normalized spacial score (nSPS) is 33.6. The summed E-state index contributed by atoms with van der Waals surface area (Å²) in [5.74, 6) is 0.589. The highest BCUT2D eigenvalue weighted by Crippen LogP contribution is 2.59. The standard InChI is InChI=1S/C9H15NS/c10-8(11)7-3-1-2-4-9(7)5-6-9/h7H,1-6H2,(H2,10,11). The monoisotopic (exact) mass is 169 g/mol. The molecule has 1 atom stereocenters. The van der Waals surface area contributed by atoms with E-state index in [1.807, 2.05) is 0 Å². The largest absolute Gasteiger partial charge is 0.393 e. The van der Waals surface area contributed by atoms with Gasteiger partial charge < -0.3 is 5.73 Å². The summed E-state index contributed by atoms with van der Waals surface area (Å²) in [6.07, 6.45) is 8.15. The second-order valence-corrected chi connectivity index (χ2v) is 4.53. The molecule has 2 fully saturated rings. The molecule has 2 saturated carbocycles. The van der Waals surface area contributed by atoms with E-state index < -0.39 is 0 Å². The predicted molar refractivity (Wildman–Crippen MR) is 50.4 cm³/mol. The van der Waals surface area contributed by atoms with Crippen molar-refractivity contribution in [2.45, 2.75) is 38.5 Å². The Balaban J connectivity index is 2.10. The van der Waals surface area contributed by atoms with Crippen molar-refractivity contribution < 1.29 is 0 Å². The zero-order valence-electron chi connectivity index (χ0n) is 6.81. The molecule has 2 aliphatic rings. The van der Waals surface area contributed by atoms with Gasteiger partial charge in [-0.05, 0) is 31.1 Å². The van der Waals surface area contributed by atoms with Crippen molar-refractivity contribution in [2.24, 2.45) is 17.1 Å². The summed E-state index contributed by atoms with van der Waals surface area (Å²) in [6.45, 7) is 0. The van der Waals surface area contributed by atoms with Crippen LogP contribution in [0.25, 0.3) is 0 Å². The molecular weight excluding hydrogens is 154 g/mol. The smallest absolute Gasteiger partial charge is 0.0764 e.